The van der Waals surface area contributed by atoms with Crippen LogP contribution in [0.15, 0.2) is 17.0 Å². The number of amides is 1. The molecule has 1 aromatic rings. The Hall–Kier alpha value is -0.530. The maximum atomic E-state index is 12.8. The minimum Gasteiger partial charge on any atom is -0.340 e. The SMILES string of the molecule is O=C(C1CC1)N1CCN(S(=O)(=O)c2c(Cl)cc(Cl)cc2Cl)CC1. The molecule has 0 unspecified atom stereocenters. The van der Waals surface area contributed by atoms with Crippen LogP contribution in [-0.2, 0) is 14.8 Å². The van der Waals surface area contributed by atoms with Crippen molar-refractivity contribution in [1.82, 2.24) is 9.21 Å². The number of piperazine rings is 1. The Morgan fingerprint density at radius 3 is 2.00 bits per heavy atom. The number of carbonyl (C=O) groups is 1. The molecule has 0 spiro atoms. The Bertz CT molecular complexity index is 719. The van der Waals surface area contributed by atoms with E-state index in [1.54, 1.807) is 4.90 Å². The molecule has 0 atom stereocenters. The largest absolute Gasteiger partial charge is 0.340 e. The van der Waals surface area contributed by atoms with Gasteiger partial charge in [0, 0.05) is 37.1 Å². The Morgan fingerprint density at radius 1 is 1.00 bits per heavy atom. The zero-order valence-electron chi connectivity index (χ0n) is 12.1. The first-order chi connectivity index (χ1) is 10.8. The van der Waals surface area contributed by atoms with Gasteiger partial charge in [-0.1, -0.05) is 34.8 Å². The summed E-state index contributed by atoms with van der Waals surface area (Å²) >= 11 is 17.9. The first kappa shape index (κ1) is 17.3. The molecule has 1 saturated carbocycles. The normalized spacial score (nSPS) is 19.9. The second-order valence-electron chi connectivity index (χ2n) is 5.70. The summed E-state index contributed by atoms with van der Waals surface area (Å²) in [5.74, 6) is 0.267. The van der Waals surface area contributed by atoms with Gasteiger partial charge in [-0.15, -0.1) is 0 Å². The zero-order valence-corrected chi connectivity index (χ0v) is 15.2. The van der Waals surface area contributed by atoms with Crippen molar-refractivity contribution < 1.29 is 13.2 Å². The van der Waals surface area contributed by atoms with Crippen LogP contribution in [0.25, 0.3) is 0 Å². The molecule has 9 heteroatoms. The van der Waals surface area contributed by atoms with Crippen molar-refractivity contribution in [2.75, 3.05) is 26.2 Å². The number of hydrogen-bond acceptors (Lipinski definition) is 3. The summed E-state index contributed by atoms with van der Waals surface area (Å²) in [6.45, 7) is 1.24. The molecule has 2 aliphatic rings. The van der Waals surface area contributed by atoms with Crippen molar-refractivity contribution in [2.24, 2.45) is 5.92 Å². The van der Waals surface area contributed by atoms with Gasteiger partial charge in [-0.2, -0.15) is 4.31 Å². The monoisotopic (exact) mass is 396 g/mol. The van der Waals surface area contributed by atoms with Crippen molar-refractivity contribution in [2.45, 2.75) is 17.7 Å². The third-order valence-corrected chi connectivity index (χ3v) is 7.08. The topological polar surface area (TPSA) is 57.7 Å². The Labute approximate surface area is 150 Å². The summed E-state index contributed by atoms with van der Waals surface area (Å²) in [4.78, 5) is 13.6. The van der Waals surface area contributed by atoms with Crippen LogP contribution in [-0.4, -0.2) is 49.7 Å². The van der Waals surface area contributed by atoms with E-state index in [1.165, 1.54) is 16.4 Å². The summed E-state index contributed by atoms with van der Waals surface area (Å²) in [6, 6.07) is 2.71. The fourth-order valence-corrected chi connectivity index (χ4v) is 5.56. The number of nitrogens with zero attached hydrogens (tertiary/aromatic N) is 2. The first-order valence-electron chi connectivity index (χ1n) is 7.24. The van der Waals surface area contributed by atoms with Crippen molar-refractivity contribution in [3.63, 3.8) is 0 Å². The zero-order chi connectivity index (χ0) is 16.8. The first-order valence-corrected chi connectivity index (χ1v) is 9.81. The lowest BCUT2D eigenvalue weighted by atomic mass is 10.3. The number of hydrogen-bond donors (Lipinski definition) is 0. The molecular weight excluding hydrogens is 383 g/mol. The van der Waals surface area contributed by atoms with Crippen LogP contribution < -0.4 is 0 Å². The molecular formula is C14H15Cl3N2O3S. The summed E-state index contributed by atoms with van der Waals surface area (Å²) in [7, 11) is -3.82. The smallest absolute Gasteiger partial charge is 0.246 e. The molecule has 23 heavy (non-hydrogen) atoms. The van der Waals surface area contributed by atoms with Gasteiger partial charge in [0.25, 0.3) is 0 Å². The fraction of sp³-hybridized carbons (Fsp3) is 0.500. The molecule has 5 nitrogen and oxygen atoms in total. The lowest BCUT2D eigenvalue weighted by Crippen LogP contribution is -2.51. The van der Waals surface area contributed by atoms with E-state index in [0.29, 0.717) is 13.1 Å². The van der Waals surface area contributed by atoms with Gasteiger partial charge in [0.2, 0.25) is 15.9 Å². The van der Waals surface area contributed by atoms with Crippen LogP contribution in [0.4, 0.5) is 0 Å². The standard InChI is InChI=1S/C14H15Cl3N2O3S/c15-10-7-11(16)13(12(17)8-10)23(21,22)19-5-3-18(4-6-19)14(20)9-1-2-9/h7-9H,1-6H2. The summed E-state index contributed by atoms with van der Waals surface area (Å²) in [6.07, 6.45) is 1.88. The van der Waals surface area contributed by atoms with E-state index in [1.807, 2.05) is 0 Å². The number of benzene rings is 1. The molecule has 1 heterocycles. The quantitative estimate of drug-likeness (QED) is 0.788. The van der Waals surface area contributed by atoms with Gasteiger partial charge in [-0.05, 0) is 25.0 Å². The molecule has 0 radical (unpaired) electrons. The summed E-state index contributed by atoms with van der Waals surface area (Å²) in [5, 5.41) is 0.275. The maximum absolute atomic E-state index is 12.8. The highest BCUT2D eigenvalue weighted by atomic mass is 35.5. The van der Waals surface area contributed by atoms with E-state index in [2.05, 4.69) is 0 Å². The molecule has 126 valence electrons. The predicted molar refractivity (Wildman–Crippen MR) is 89.5 cm³/mol. The fourth-order valence-electron chi connectivity index (χ4n) is 2.64. The number of sulfonamides is 1. The highest BCUT2D eigenvalue weighted by Crippen LogP contribution is 2.35. The van der Waals surface area contributed by atoms with Crippen LogP contribution in [0.2, 0.25) is 15.1 Å². The van der Waals surface area contributed by atoms with Gasteiger partial charge in [-0.25, -0.2) is 8.42 Å². The summed E-state index contributed by atoms with van der Waals surface area (Å²) < 4.78 is 26.9. The number of rotatable bonds is 3. The van der Waals surface area contributed by atoms with E-state index in [0.717, 1.165) is 12.8 Å². The van der Waals surface area contributed by atoms with Crippen molar-refractivity contribution in [3.05, 3.63) is 27.2 Å². The van der Waals surface area contributed by atoms with Crippen molar-refractivity contribution >= 4 is 50.7 Å². The van der Waals surface area contributed by atoms with Crippen LogP contribution in [0, 0.1) is 5.92 Å². The van der Waals surface area contributed by atoms with Crippen molar-refractivity contribution in [1.29, 1.82) is 0 Å². The average Bonchev–Trinajstić information content (AvgIpc) is 3.29. The average molecular weight is 398 g/mol. The number of carbonyl (C=O) groups excluding carboxylic acids is 1. The van der Waals surface area contributed by atoms with Crippen LogP contribution in [0.5, 0.6) is 0 Å². The molecule has 1 aliphatic carbocycles. The van der Waals surface area contributed by atoms with Gasteiger partial charge < -0.3 is 4.90 Å². The van der Waals surface area contributed by atoms with Crippen LogP contribution in [0.3, 0.4) is 0 Å². The molecule has 0 aromatic heterocycles. The molecule has 0 bridgehead atoms. The van der Waals surface area contributed by atoms with Gasteiger partial charge in [0.1, 0.15) is 4.90 Å². The molecule has 3 rings (SSSR count). The molecule has 2 fully saturated rings. The van der Waals surface area contributed by atoms with Gasteiger partial charge in [0.05, 0.1) is 10.0 Å². The third-order valence-electron chi connectivity index (χ3n) is 4.04. The van der Waals surface area contributed by atoms with E-state index in [-0.39, 0.29) is 44.9 Å². The predicted octanol–water partition coefficient (Wildman–Crippen LogP) is 2.89. The lowest BCUT2D eigenvalue weighted by Gasteiger charge is -2.34. The molecule has 1 amide bonds. The van der Waals surface area contributed by atoms with Gasteiger partial charge in [-0.3, -0.25) is 4.79 Å². The Balaban J connectivity index is 1.78. The van der Waals surface area contributed by atoms with E-state index < -0.39 is 10.0 Å². The van der Waals surface area contributed by atoms with Gasteiger partial charge >= 0.3 is 0 Å². The highest BCUT2D eigenvalue weighted by Gasteiger charge is 2.37. The van der Waals surface area contributed by atoms with Gasteiger partial charge in [0.15, 0.2) is 0 Å². The highest BCUT2D eigenvalue weighted by molar-refractivity contribution is 7.89. The number of halogens is 3. The molecule has 1 saturated heterocycles. The lowest BCUT2D eigenvalue weighted by molar-refractivity contribution is -0.133. The Kier molecular flexibility index (Phi) is 4.82. The molecule has 0 N–H and O–H groups in total. The second kappa shape index (κ2) is 6.41. The maximum Gasteiger partial charge on any atom is 0.246 e. The second-order valence-corrected chi connectivity index (χ2v) is 8.83. The van der Waals surface area contributed by atoms with E-state index in [4.69, 9.17) is 34.8 Å². The van der Waals surface area contributed by atoms with Crippen molar-refractivity contribution in [3.8, 4) is 0 Å². The molecule has 1 aromatic carbocycles. The summed E-state index contributed by atoms with van der Waals surface area (Å²) in [5.41, 5.74) is 0. The van der Waals surface area contributed by atoms with E-state index in [9.17, 15) is 13.2 Å². The minimum absolute atomic E-state index is 0.000939. The van der Waals surface area contributed by atoms with Crippen LogP contribution >= 0.6 is 34.8 Å². The third kappa shape index (κ3) is 3.46. The molecule has 1 aliphatic heterocycles. The van der Waals surface area contributed by atoms with E-state index >= 15 is 0 Å². The van der Waals surface area contributed by atoms with Crippen LogP contribution in [0.1, 0.15) is 12.8 Å². The Morgan fingerprint density at radius 2 is 1.52 bits per heavy atom. The minimum atomic E-state index is -3.82.